The number of aliphatic hydroxyl groups excluding tert-OH is 1. The summed E-state index contributed by atoms with van der Waals surface area (Å²) < 4.78 is 1.66. The Morgan fingerprint density at radius 3 is 2.19 bits per heavy atom. The summed E-state index contributed by atoms with van der Waals surface area (Å²) >= 11 is 6.05. The first-order chi connectivity index (χ1) is 7.21. The van der Waals surface area contributed by atoms with Crippen molar-refractivity contribution >= 4 is 11.6 Å². The SMILES string of the molecule is Cn1ncc(Cl)c1C(O)C1C(C)(C)C1(C)C. The highest BCUT2D eigenvalue weighted by Gasteiger charge is 2.67. The molecule has 0 radical (unpaired) electrons. The van der Waals surface area contributed by atoms with E-state index in [9.17, 15) is 5.11 Å². The summed E-state index contributed by atoms with van der Waals surface area (Å²) in [6.07, 6.45) is 1.05. The van der Waals surface area contributed by atoms with E-state index in [1.54, 1.807) is 10.9 Å². The first-order valence-electron chi connectivity index (χ1n) is 5.56. The molecule has 1 heterocycles. The summed E-state index contributed by atoms with van der Waals surface area (Å²) in [5, 5.41) is 15.1. The van der Waals surface area contributed by atoms with Crippen LogP contribution in [0.15, 0.2) is 6.20 Å². The molecule has 1 unspecified atom stereocenters. The number of hydrogen-bond acceptors (Lipinski definition) is 2. The third-order valence-electron chi connectivity index (χ3n) is 4.67. The lowest BCUT2D eigenvalue weighted by molar-refractivity contribution is 0.122. The van der Waals surface area contributed by atoms with Gasteiger partial charge < -0.3 is 5.11 Å². The molecule has 1 aliphatic carbocycles. The van der Waals surface area contributed by atoms with Crippen molar-refractivity contribution in [2.45, 2.75) is 33.8 Å². The Labute approximate surface area is 101 Å². The molecule has 0 amide bonds. The molecule has 1 atom stereocenters. The van der Waals surface area contributed by atoms with E-state index in [4.69, 9.17) is 11.6 Å². The lowest BCUT2D eigenvalue weighted by Crippen LogP contribution is -2.11. The second kappa shape index (κ2) is 3.23. The predicted octanol–water partition coefficient (Wildman–Crippen LogP) is 2.79. The van der Waals surface area contributed by atoms with E-state index >= 15 is 0 Å². The van der Waals surface area contributed by atoms with E-state index in [0.29, 0.717) is 5.02 Å². The van der Waals surface area contributed by atoms with Gasteiger partial charge in [-0.05, 0) is 10.8 Å². The molecular formula is C12H19ClN2O. The molecule has 1 fully saturated rings. The predicted molar refractivity (Wildman–Crippen MR) is 64.2 cm³/mol. The molecule has 1 saturated carbocycles. The maximum Gasteiger partial charge on any atom is 0.101 e. The van der Waals surface area contributed by atoms with Gasteiger partial charge in [-0.1, -0.05) is 39.3 Å². The van der Waals surface area contributed by atoms with Crippen molar-refractivity contribution in [3.63, 3.8) is 0 Å². The van der Waals surface area contributed by atoms with E-state index in [2.05, 4.69) is 32.8 Å². The maximum atomic E-state index is 10.4. The molecule has 1 aromatic rings. The van der Waals surface area contributed by atoms with Gasteiger partial charge in [-0.2, -0.15) is 5.10 Å². The highest BCUT2D eigenvalue weighted by Crippen LogP contribution is 2.72. The van der Waals surface area contributed by atoms with Crippen LogP contribution in [-0.4, -0.2) is 14.9 Å². The minimum absolute atomic E-state index is 0.139. The zero-order chi connectivity index (χ0) is 12.3. The number of hydrogen-bond donors (Lipinski definition) is 1. The Bertz CT molecular complexity index is 389. The summed E-state index contributed by atoms with van der Waals surface area (Å²) in [5.41, 5.74) is 1.00. The van der Waals surface area contributed by atoms with Crippen molar-refractivity contribution in [1.82, 2.24) is 9.78 Å². The second-order valence-electron chi connectivity index (χ2n) is 5.87. The van der Waals surface area contributed by atoms with Crippen molar-refractivity contribution in [2.75, 3.05) is 0 Å². The molecule has 90 valence electrons. The van der Waals surface area contributed by atoms with Gasteiger partial charge in [0.25, 0.3) is 0 Å². The van der Waals surface area contributed by atoms with Crippen molar-refractivity contribution < 1.29 is 5.11 Å². The average Bonchev–Trinajstić information content (AvgIpc) is 2.39. The molecule has 16 heavy (non-hydrogen) atoms. The van der Waals surface area contributed by atoms with Gasteiger partial charge in [-0.25, -0.2) is 0 Å². The largest absolute Gasteiger partial charge is 0.386 e. The van der Waals surface area contributed by atoms with Crippen LogP contribution in [0.4, 0.5) is 0 Å². The molecule has 1 aliphatic rings. The molecule has 1 N–H and O–H groups in total. The van der Waals surface area contributed by atoms with Gasteiger partial charge in [0.2, 0.25) is 0 Å². The molecule has 1 aromatic heterocycles. The normalized spacial score (nSPS) is 24.4. The zero-order valence-corrected chi connectivity index (χ0v) is 11.2. The van der Waals surface area contributed by atoms with Gasteiger partial charge in [0.1, 0.15) is 6.10 Å². The number of aliphatic hydroxyl groups is 1. The summed E-state index contributed by atoms with van der Waals surface area (Å²) in [4.78, 5) is 0. The summed E-state index contributed by atoms with van der Waals surface area (Å²) in [6.45, 7) is 8.74. The number of aromatic nitrogens is 2. The Morgan fingerprint density at radius 1 is 1.38 bits per heavy atom. The van der Waals surface area contributed by atoms with Crippen molar-refractivity contribution in [1.29, 1.82) is 0 Å². The number of nitrogens with zero attached hydrogens (tertiary/aromatic N) is 2. The van der Waals surface area contributed by atoms with Crippen LogP contribution in [0.25, 0.3) is 0 Å². The van der Waals surface area contributed by atoms with Crippen LogP contribution in [0.5, 0.6) is 0 Å². The van der Waals surface area contributed by atoms with E-state index in [-0.39, 0.29) is 16.7 Å². The Hall–Kier alpha value is -0.540. The van der Waals surface area contributed by atoms with E-state index in [0.717, 1.165) is 5.69 Å². The van der Waals surface area contributed by atoms with Crippen LogP contribution in [0.1, 0.15) is 39.5 Å². The van der Waals surface area contributed by atoms with Gasteiger partial charge >= 0.3 is 0 Å². The van der Waals surface area contributed by atoms with E-state index < -0.39 is 6.10 Å². The summed E-state index contributed by atoms with van der Waals surface area (Å²) in [5.74, 6) is 0.230. The van der Waals surface area contributed by atoms with Gasteiger partial charge in [0.05, 0.1) is 16.9 Å². The third-order valence-corrected chi connectivity index (χ3v) is 4.96. The minimum Gasteiger partial charge on any atom is -0.386 e. The first-order valence-corrected chi connectivity index (χ1v) is 5.94. The summed E-state index contributed by atoms with van der Waals surface area (Å²) in [6, 6.07) is 0. The smallest absolute Gasteiger partial charge is 0.101 e. The molecule has 0 aromatic carbocycles. The Balaban J connectivity index is 2.33. The third kappa shape index (κ3) is 1.34. The fraction of sp³-hybridized carbons (Fsp3) is 0.750. The molecule has 2 rings (SSSR count). The van der Waals surface area contributed by atoms with E-state index in [1.165, 1.54) is 0 Å². The topological polar surface area (TPSA) is 38.0 Å². The lowest BCUT2D eigenvalue weighted by Gasteiger charge is -2.13. The maximum absolute atomic E-state index is 10.4. The van der Waals surface area contributed by atoms with Crippen LogP contribution in [0, 0.1) is 16.7 Å². The zero-order valence-electron chi connectivity index (χ0n) is 10.5. The first kappa shape index (κ1) is 11.9. The van der Waals surface area contributed by atoms with Gasteiger partial charge in [-0.15, -0.1) is 0 Å². The molecular weight excluding hydrogens is 224 g/mol. The molecule has 0 spiro atoms. The monoisotopic (exact) mass is 242 g/mol. The quantitative estimate of drug-likeness (QED) is 0.866. The Kier molecular flexibility index (Phi) is 2.41. The highest BCUT2D eigenvalue weighted by atomic mass is 35.5. The van der Waals surface area contributed by atoms with Crippen LogP contribution in [0.2, 0.25) is 5.02 Å². The molecule has 0 aliphatic heterocycles. The molecule has 3 nitrogen and oxygen atoms in total. The minimum atomic E-state index is -0.537. The number of aryl methyl sites for hydroxylation is 1. The van der Waals surface area contributed by atoms with Crippen molar-refractivity contribution in [3.8, 4) is 0 Å². The van der Waals surface area contributed by atoms with Crippen LogP contribution in [0.3, 0.4) is 0 Å². The fourth-order valence-electron chi connectivity index (χ4n) is 2.95. The summed E-state index contributed by atoms with van der Waals surface area (Å²) in [7, 11) is 1.81. The Morgan fingerprint density at radius 2 is 1.88 bits per heavy atom. The van der Waals surface area contributed by atoms with Gasteiger partial charge in [0, 0.05) is 13.0 Å². The number of halogens is 1. The lowest BCUT2D eigenvalue weighted by atomic mass is 10.0. The standard InChI is InChI=1S/C12H19ClN2O/c1-11(2)10(12(11,3)4)9(16)8-7(13)6-14-15(8)5/h6,9-10,16H,1-5H3. The van der Waals surface area contributed by atoms with E-state index in [1.807, 2.05) is 7.05 Å². The fourth-order valence-corrected chi connectivity index (χ4v) is 3.23. The highest BCUT2D eigenvalue weighted by molar-refractivity contribution is 6.31. The van der Waals surface area contributed by atoms with Crippen LogP contribution < -0.4 is 0 Å². The molecule has 0 bridgehead atoms. The van der Waals surface area contributed by atoms with Crippen LogP contribution >= 0.6 is 11.6 Å². The second-order valence-corrected chi connectivity index (χ2v) is 6.27. The van der Waals surface area contributed by atoms with Crippen molar-refractivity contribution in [2.24, 2.45) is 23.8 Å². The average molecular weight is 243 g/mol. The van der Waals surface area contributed by atoms with Crippen molar-refractivity contribution in [3.05, 3.63) is 16.9 Å². The van der Waals surface area contributed by atoms with Gasteiger partial charge in [0.15, 0.2) is 0 Å². The molecule has 4 heteroatoms. The van der Waals surface area contributed by atoms with Crippen LogP contribution in [-0.2, 0) is 7.05 Å². The molecule has 0 saturated heterocycles. The van der Waals surface area contributed by atoms with Gasteiger partial charge in [-0.3, -0.25) is 4.68 Å². The number of rotatable bonds is 2.